The number of piperidine rings is 1. The molecule has 0 saturated carbocycles. The lowest BCUT2D eigenvalue weighted by Crippen LogP contribution is -2.41. The fraction of sp³-hybridized carbons (Fsp3) is 0.300. The van der Waals surface area contributed by atoms with E-state index in [-0.39, 0.29) is 34.7 Å². The van der Waals surface area contributed by atoms with E-state index in [2.05, 4.69) is 5.32 Å². The molecule has 7 nitrogen and oxygen atoms in total. The van der Waals surface area contributed by atoms with Crippen molar-refractivity contribution in [1.82, 2.24) is 8.87 Å². The second-order valence-electron chi connectivity index (χ2n) is 7.09. The van der Waals surface area contributed by atoms with Crippen LogP contribution in [-0.4, -0.2) is 36.3 Å². The Morgan fingerprint density at radius 1 is 1.10 bits per heavy atom. The first-order chi connectivity index (χ1) is 13.9. The van der Waals surface area contributed by atoms with Crippen molar-refractivity contribution in [2.45, 2.75) is 17.7 Å². The number of benzene rings is 2. The van der Waals surface area contributed by atoms with Crippen LogP contribution in [0.3, 0.4) is 0 Å². The maximum absolute atomic E-state index is 13.0. The van der Waals surface area contributed by atoms with E-state index in [1.54, 1.807) is 19.2 Å². The third kappa shape index (κ3) is 3.85. The lowest BCUT2D eigenvalue weighted by molar-refractivity contribution is -0.120. The van der Waals surface area contributed by atoms with Crippen molar-refractivity contribution < 1.29 is 13.2 Å². The van der Waals surface area contributed by atoms with Crippen LogP contribution in [0.4, 0.5) is 5.69 Å². The molecule has 1 fully saturated rings. The summed E-state index contributed by atoms with van der Waals surface area (Å²) in [6.07, 6.45) is 0.942. The fourth-order valence-electron chi connectivity index (χ4n) is 3.55. The number of thiazole rings is 1. The third-order valence-electron chi connectivity index (χ3n) is 5.27. The van der Waals surface area contributed by atoms with E-state index in [0.717, 1.165) is 22.5 Å². The molecule has 1 aliphatic heterocycles. The lowest BCUT2D eigenvalue weighted by atomic mass is 9.97. The summed E-state index contributed by atoms with van der Waals surface area (Å²) in [4.78, 5) is 24.3. The van der Waals surface area contributed by atoms with E-state index in [1.165, 1.54) is 14.9 Å². The summed E-state index contributed by atoms with van der Waals surface area (Å²) < 4.78 is 29.6. The van der Waals surface area contributed by atoms with Gasteiger partial charge in [0.2, 0.25) is 15.9 Å². The zero-order valence-electron chi connectivity index (χ0n) is 15.9. The van der Waals surface area contributed by atoms with Crippen molar-refractivity contribution in [2.24, 2.45) is 13.0 Å². The summed E-state index contributed by atoms with van der Waals surface area (Å²) in [5.41, 5.74) is 1.46. The molecule has 1 amide bonds. The number of amides is 1. The number of hydrogen-bond donors (Lipinski definition) is 1. The van der Waals surface area contributed by atoms with Gasteiger partial charge in [-0.2, -0.15) is 4.31 Å². The van der Waals surface area contributed by atoms with Crippen LogP contribution in [0.2, 0.25) is 0 Å². The Morgan fingerprint density at radius 2 is 1.79 bits per heavy atom. The molecule has 1 N–H and O–H groups in total. The van der Waals surface area contributed by atoms with Crippen LogP contribution in [0.5, 0.6) is 0 Å². The van der Waals surface area contributed by atoms with Crippen molar-refractivity contribution in [2.75, 3.05) is 18.4 Å². The second kappa shape index (κ2) is 7.74. The second-order valence-corrected chi connectivity index (χ2v) is 10.0. The van der Waals surface area contributed by atoms with Gasteiger partial charge in [-0.1, -0.05) is 29.5 Å². The summed E-state index contributed by atoms with van der Waals surface area (Å²) in [5, 5.41) is 2.89. The Balaban J connectivity index is 1.46. The number of hydrogen-bond acceptors (Lipinski definition) is 5. The molecule has 1 saturated heterocycles. The molecule has 152 valence electrons. The van der Waals surface area contributed by atoms with Gasteiger partial charge in [0.1, 0.15) is 0 Å². The minimum absolute atomic E-state index is 0.0799. The van der Waals surface area contributed by atoms with Gasteiger partial charge in [0.25, 0.3) is 0 Å². The minimum atomic E-state index is -3.67. The highest BCUT2D eigenvalue weighted by Gasteiger charge is 2.32. The SMILES string of the molecule is Cn1c(=O)sc2cc(S(=O)(=O)N3CCC(C(=O)Nc4ccccc4)CC3)ccc21. The van der Waals surface area contributed by atoms with E-state index in [0.29, 0.717) is 17.5 Å². The van der Waals surface area contributed by atoms with Crippen molar-refractivity contribution in [3.8, 4) is 0 Å². The van der Waals surface area contributed by atoms with Gasteiger partial charge in [-0.05, 0) is 43.2 Å². The summed E-state index contributed by atoms with van der Waals surface area (Å²) in [5.74, 6) is -0.299. The zero-order valence-corrected chi connectivity index (χ0v) is 17.5. The van der Waals surface area contributed by atoms with Crippen LogP contribution < -0.4 is 10.2 Å². The smallest absolute Gasteiger partial charge is 0.307 e. The molecular weight excluding hydrogens is 410 g/mol. The first-order valence-electron chi connectivity index (χ1n) is 9.32. The predicted octanol–water partition coefficient (Wildman–Crippen LogP) is 2.64. The molecular formula is C20H21N3O4S2. The summed E-state index contributed by atoms with van der Waals surface area (Å²) >= 11 is 1.03. The molecule has 0 aliphatic carbocycles. The van der Waals surface area contributed by atoms with E-state index in [4.69, 9.17) is 0 Å². The first-order valence-corrected chi connectivity index (χ1v) is 11.6. The summed E-state index contributed by atoms with van der Waals surface area (Å²) in [6.45, 7) is 0.580. The average molecular weight is 432 g/mol. The molecule has 9 heteroatoms. The molecule has 29 heavy (non-hydrogen) atoms. The molecule has 0 bridgehead atoms. The number of sulfonamides is 1. The standard InChI is InChI=1S/C20H21N3O4S2/c1-22-17-8-7-16(13-18(17)28-20(22)25)29(26,27)23-11-9-14(10-12-23)19(24)21-15-5-3-2-4-6-15/h2-8,13-14H,9-12H2,1H3,(H,21,24). The minimum Gasteiger partial charge on any atom is -0.326 e. The number of fused-ring (bicyclic) bond motifs is 1. The summed E-state index contributed by atoms with van der Waals surface area (Å²) in [6, 6.07) is 14.0. The maximum atomic E-state index is 13.0. The van der Waals surface area contributed by atoms with Gasteiger partial charge in [-0.15, -0.1) is 0 Å². The molecule has 4 rings (SSSR count). The van der Waals surface area contributed by atoms with Gasteiger partial charge in [0.05, 0.1) is 15.1 Å². The Kier molecular flexibility index (Phi) is 5.28. The van der Waals surface area contributed by atoms with Crippen molar-refractivity contribution in [3.05, 3.63) is 58.2 Å². The summed E-state index contributed by atoms with van der Waals surface area (Å²) in [7, 11) is -2.00. The molecule has 0 spiro atoms. The number of para-hydroxylation sites is 1. The lowest BCUT2D eigenvalue weighted by Gasteiger charge is -2.30. The first kappa shape index (κ1) is 19.8. The maximum Gasteiger partial charge on any atom is 0.307 e. The number of carbonyl (C=O) groups excluding carboxylic acids is 1. The Bertz CT molecular complexity index is 1210. The number of anilines is 1. The fourth-order valence-corrected chi connectivity index (χ4v) is 6.04. The molecule has 0 atom stereocenters. The van der Waals surface area contributed by atoms with E-state index in [9.17, 15) is 18.0 Å². The number of aryl methyl sites for hydroxylation is 1. The van der Waals surface area contributed by atoms with Gasteiger partial charge in [0.15, 0.2) is 0 Å². The molecule has 2 heterocycles. The Hall–Kier alpha value is -2.49. The van der Waals surface area contributed by atoms with Gasteiger partial charge >= 0.3 is 4.87 Å². The van der Waals surface area contributed by atoms with Crippen molar-refractivity contribution >= 4 is 43.2 Å². The van der Waals surface area contributed by atoms with Gasteiger partial charge in [-0.25, -0.2) is 8.42 Å². The van der Waals surface area contributed by atoms with E-state index in [1.807, 2.05) is 30.3 Å². The normalized spacial score (nSPS) is 16.2. The highest BCUT2D eigenvalue weighted by Crippen LogP contribution is 2.27. The van der Waals surface area contributed by atoms with Crippen LogP contribution in [0.25, 0.3) is 10.2 Å². The highest BCUT2D eigenvalue weighted by molar-refractivity contribution is 7.89. The number of rotatable bonds is 4. The highest BCUT2D eigenvalue weighted by atomic mass is 32.2. The van der Waals surface area contributed by atoms with Crippen LogP contribution >= 0.6 is 11.3 Å². The number of aromatic nitrogens is 1. The topological polar surface area (TPSA) is 88.5 Å². The zero-order chi connectivity index (χ0) is 20.6. The number of nitrogens with zero attached hydrogens (tertiary/aromatic N) is 2. The van der Waals surface area contributed by atoms with Crippen molar-refractivity contribution in [1.29, 1.82) is 0 Å². The predicted molar refractivity (Wildman–Crippen MR) is 114 cm³/mol. The Morgan fingerprint density at radius 3 is 2.48 bits per heavy atom. The third-order valence-corrected chi connectivity index (χ3v) is 8.16. The van der Waals surface area contributed by atoms with Gasteiger partial charge in [-0.3, -0.25) is 9.59 Å². The molecule has 1 aromatic heterocycles. The van der Waals surface area contributed by atoms with Gasteiger partial charge < -0.3 is 9.88 Å². The number of nitrogens with one attached hydrogen (secondary N) is 1. The Labute approximate surface area is 172 Å². The van der Waals surface area contributed by atoms with Crippen LogP contribution in [0.15, 0.2) is 58.2 Å². The molecule has 0 unspecified atom stereocenters. The monoisotopic (exact) mass is 431 g/mol. The largest absolute Gasteiger partial charge is 0.326 e. The van der Waals surface area contributed by atoms with E-state index < -0.39 is 10.0 Å². The van der Waals surface area contributed by atoms with Crippen LogP contribution in [-0.2, 0) is 21.9 Å². The average Bonchev–Trinajstić information content (AvgIpc) is 3.02. The van der Waals surface area contributed by atoms with Crippen LogP contribution in [0, 0.1) is 5.92 Å². The molecule has 0 radical (unpaired) electrons. The molecule has 3 aromatic rings. The molecule has 2 aromatic carbocycles. The van der Waals surface area contributed by atoms with E-state index >= 15 is 0 Å². The number of carbonyl (C=O) groups is 1. The quantitative estimate of drug-likeness (QED) is 0.688. The van der Waals surface area contributed by atoms with Crippen molar-refractivity contribution in [3.63, 3.8) is 0 Å². The molecule has 1 aliphatic rings. The van der Waals surface area contributed by atoms with Gasteiger partial charge in [0, 0.05) is 31.7 Å². The van der Waals surface area contributed by atoms with Crippen LogP contribution in [0.1, 0.15) is 12.8 Å².